The van der Waals surface area contributed by atoms with E-state index in [9.17, 15) is 4.79 Å². The van der Waals surface area contributed by atoms with Crippen molar-refractivity contribution in [1.29, 1.82) is 0 Å². The molecule has 0 bridgehead atoms. The number of hydrogen-bond acceptors (Lipinski definition) is 5. The molecule has 1 N–H and O–H groups in total. The van der Waals surface area contributed by atoms with Crippen molar-refractivity contribution in [3.05, 3.63) is 22.1 Å². The van der Waals surface area contributed by atoms with Gasteiger partial charge in [0.15, 0.2) is 5.16 Å². The maximum Gasteiger partial charge on any atom is 0.276 e. The summed E-state index contributed by atoms with van der Waals surface area (Å²) in [6.45, 7) is 2.08. The number of aryl methyl sites for hydroxylation is 1. The quantitative estimate of drug-likeness (QED) is 0.657. The van der Waals surface area contributed by atoms with Crippen LogP contribution < -0.4 is 5.56 Å². The molecule has 0 saturated carbocycles. The third-order valence-electron chi connectivity index (χ3n) is 3.29. The van der Waals surface area contributed by atoms with Crippen LogP contribution in [0.2, 0.25) is 0 Å². The first-order valence-corrected chi connectivity index (χ1v) is 7.84. The zero-order valence-electron chi connectivity index (χ0n) is 11.3. The predicted molar refractivity (Wildman–Crippen MR) is 74.5 cm³/mol. The number of aromatic nitrogens is 2. The van der Waals surface area contributed by atoms with Gasteiger partial charge in [0.25, 0.3) is 5.56 Å². The highest BCUT2D eigenvalue weighted by Gasteiger charge is 2.27. The van der Waals surface area contributed by atoms with Crippen LogP contribution in [0.5, 0.6) is 0 Å². The minimum Gasteiger partial charge on any atom is -0.394 e. The van der Waals surface area contributed by atoms with Crippen LogP contribution in [0.25, 0.3) is 0 Å². The van der Waals surface area contributed by atoms with Gasteiger partial charge in [0.05, 0.1) is 12.7 Å². The third-order valence-corrected chi connectivity index (χ3v) is 3.96. The van der Waals surface area contributed by atoms with Gasteiger partial charge in [-0.05, 0) is 25.5 Å². The SMILES string of the molecule is CCCc1cn([C@@H]2CC[C@@H](CO)O2)c(SC)nc1=O. The van der Waals surface area contributed by atoms with Crippen molar-refractivity contribution in [2.45, 2.75) is 50.1 Å². The zero-order chi connectivity index (χ0) is 13.8. The predicted octanol–water partition coefficient (Wildman–Crippen LogP) is 1.59. The molecule has 1 fully saturated rings. The topological polar surface area (TPSA) is 64.3 Å². The Morgan fingerprint density at radius 2 is 2.37 bits per heavy atom. The van der Waals surface area contributed by atoms with Gasteiger partial charge in [0.1, 0.15) is 6.23 Å². The lowest BCUT2D eigenvalue weighted by Crippen LogP contribution is -2.22. The van der Waals surface area contributed by atoms with E-state index in [1.54, 1.807) is 0 Å². The van der Waals surface area contributed by atoms with Gasteiger partial charge in [-0.25, -0.2) is 0 Å². The lowest BCUT2D eigenvalue weighted by molar-refractivity contribution is -0.0274. The van der Waals surface area contributed by atoms with E-state index in [0.29, 0.717) is 5.16 Å². The molecule has 5 nitrogen and oxygen atoms in total. The number of aliphatic hydroxyl groups excluding tert-OH is 1. The molecule has 1 aliphatic heterocycles. The normalized spacial score (nSPS) is 22.9. The summed E-state index contributed by atoms with van der Waals surface area (Å²) in [7, 11) is 0. The molecule has 0 radical (unpaired) electrons. The van der Waals surface area contributed by atoms with Gasteiger partial charge < -0.3 is 14.4 Å². The van der Waals surface area contributed by atoms with E-state index in [0.717, 1.165) is 31.2 Å². The molecular formula is C13H20N2O3S. The van der Waals surface area contributed by atoms with Crippen LogP contribution in [0.4, 0.5) is 0 Å². The second-order valence-electron chi connectivity index (χ2n) is 4.69. The Bertz CT molecular complexity index is 489. The van der Waals surface area contributed by atoms with Crippen molar-refractivity contribution >= 4 is 11.8 Å². The molecule has 0 amide bonds. The molecule has 19 heavy (non-hydrogen) atoms. The number of hydrogen-bond donors (Lipinski definition) is 1. The molecule has 6 heteroatoms. The van der Waals surface area contributed by atoms with Gasteiger partial charge in [0.2, 0.25) is 0 Å². The molecule has 0 aliphatic carbocycles. The zero-order valence-corrected chi connectivity index (χ0v) is 12.2. The van der Waals surface area contributed by atoms with Crippen molar-refractivity contribution in [3.8, 4) is 0 Å². The smallest absolute Gasteiger partial charge is 0.276 e. The van der Waals surface area contributed by atoms with E-state index in [-0.39, 0.29) is 24.5 Å². The number of thioether (sulfide) groups is 1. The van der Waals surface area contributed by atoms with E-state index in [1.807, 2.05) is 23.9 Å². The molecule has 0 unspecified atom stereocenters. The fraction of sp³-hybridized carbons (Fsp3) is 0.692. The van der Waals surface area contributed by atoms with E-state index in [4.69, 9.17) is 9.84 Å². The second kappa shape index (κ2) is 6.54. The van der Waals surface area contributed by atoms with Crippen LogP contribution in [0, 0.1) is 0 Å². The summed E-state index contributed by atoms with van der Waals surface area (Å²) in [5.41, 5.74) is 0.593. The largest absolute Gasteiger partial charge is 0.394 e. The molecule has 1 saturated heterocycles. The van der Waals surface area contributed by atoms with Gasteiger partial charge in [-0.3, -0.25) is 4.79 Å². The van der Waals surface area contributed by atoms with E-state index in [2.05, 4.69) is 4.98 Å². The molecule has 1 aliphatic rings. The Kier molecular flexibility index (Phi) is 5.01. The fourth-order valence-electron chi connectivity index (χ4n) is 2.32. The van der Waals surface area contributed by atoms with Gasteiger partial charge in [-0.15, -0.1) is 0 Å². The van der Waals surface area contributed by atoms with Crippen molar-refractivity contribution in [3.63, 3.8) is 0 Å². The number of aliphatic hydroxyl groups is 1. The average molecular weight is 284 g/mol. The molecule has 2 rings (SSSR count). The highest BCUT2D eigenvalue weighted by molar-refractivity contribution is 7.98. The van der Waals surface area contributed by atoms with Gasteiger partial charge in [-0.1, -0.05) is 25.1 Å². The highest BCUT2D eigenvalue weighted by Crippen LogP contribution is 2.30. The number of nitrogens with zero attached hydrogens (tertiary/aromatic N) is 2. The molecule has 1 aromatic heterocycles. The molecule has 2 heterocycles. The van der Waals surface area contributed by atoms with Gasteiger partial charge >= 0.3 is 0 Å². The Morgan fingerprint density at radius 3 is 2.95 bits per heavy atom. The lowest BCUT2D eigenvalue weighted by Gasteiger charge is -2.19. The molecular weight excluding hydrogens is 264 g/mol. The second-order valence-corrected chi connectivity index (χ2v) is 5.46. The Balaban J connectivity index is 2.32. The van der Waals surface area contributed by atoms with Crippen LogP contribution in [0.1, 0.15) is 38.0 Å². The first kappa shape index (κ1) is 14.6. The van der Waals surface area contributed by atoms with Crippen LogP contribution in [-0.4, -0.2) is 33.6 Å². The number of rotatable bonds is 5. The Labute approximate surface area is 117 Å². The van der Waals surface area contributed by atoms with Crippen molar-refractivity contribution in [2.75, 3.05) is 12.9 Å². The summed E-state index contributed by atoms with van der Waals surface area (Å²) in [6, 6.07) is 0. The van der Waals surface area contributed by atoms with E-state index >= 15 is 0 Å². The molecule has 0 spiro atoms. The van der Waals surface area contributed by atoms with Gasteiger partial charge in [0, 0.05) is 11.8 Å². The summed E-state index contributed by atoms with van der Waals surface area (Å²) >= 11 is 1.44. The molecule has 0 aromatic carbocycles. The maximum atomic E-state index is 11.9. The fourth-order valence-corrected chi connectivity index (χ4v) is 2.87. The summed E-state index contributed by atoms with van der Waals surface area (Å²) in [6.07, 6.45) is 6.87. The standard InChI is InChI=1S/C13H20N2O3S/c1-3-4-9-7-15(13(19-2)14-12(9)17)11-6-5-10(8-16)18-11/h7,10-11,16H,3-6,8H2,1-2H3/t10-,11-/m0/s1. The first-order chi connectivity index (χ1) is 9.19. The minimum absolute atomic E-state index is 0.0422. The maximum absolute atomic E-state index is 11.9. The third kappa shape index (κ3) is 3.19. The van der Waals surface area contributed by atoms with Crippen LogP contribution in [0.3, 0.4) is 0 Å². The summed E-state index contributed by atoms with van der Waals surface area (Å²) < 4.78 is 7.71. The minimum atomic E-state index is -0.140. The monoisotopic (exact) mass is 284 g/mol. The molecule has 1 aromatic rings. The van der Waals surface area contributed by atoms with Crippen molar-refractivity contribution < 1.29 is 9.84 Å². The first-order valence-electron chi connectivity index (χ1n) is 6.62. The van der Waals surface area contributed by atoms with Crippen LogP contribution in [0.15, 0.2) is 16.1 Å². The summed E-state index contributed by atoms with van der Waals surface area (Å²) in [4.78, 5) is 16.0. The van der Waals surface area contributed by atoms with Gasteiger partial charge in [-0.2, -0.15) is 4.98 Å². The van der Waals surface area contributed by atoms with Crippen LogP contribution in [-0.2, 0) is 11.2 Å². The highest BCUT2D eigenvalue weighted by atomic mass is 32.2. The summed E-state index contributed by atoms with van der Waals surface area (Å²) in [5, 5.41) is 9.81. The lowest BCUT2D eigenvalue weighted by atomic mass is 10.2. The Hall–Kier alpha value is -0.850. The number of ether oxygens (including phenoxy) is 1. The van der Waals surface area contributed by atoms with Crippen LogP contribution >= 0.6 is 11.8 Å². The van der Waals surface area contributed by atoms with Crippen molar-refractivity contribution in [2.24, 2.45) is 0 Å². The summed E-state index contributed by atoms with van der Waals surface area (Å²) in [5.74, 6) is 0. The van der Waals surface area contributed by atoms with E-state index in [1.165, 1.54) is 11.8 Å². The Morgan fingerprint density at radius 1 is 1.58 bits per heavy atom. The van der Waals surface area contributed by atoms with E-state index < -0.39 is 0 Å². The average Bonchev–Trinajstić information content (AvgIpc) is 2.89. The molecule has 2 atom stereocenters. The molecule has 106 valence electrons. The van der Waals surface area contributed by atoms with Crippen molar-refractivity contribution in [1.82, 2.24) is 9.55 Å².